The number of carbonyl (C=O) groups is 1. The summed E-state index contributed by atoms with van der Waals surface area (Å²) in [6.45, 7) is 3.81. The number of amides is 1. The van der Waals surface area contributed by atoms with E-state index in [0.717, 1.165) is 52.9 Å². The van der Waals surface area contributed by atoms with Gasteiger partial charge in [-0.2, -0.15) is 18.2 Å². The highest BCUT2D eigenvalue weighted by Gasteiger charge is 2.33. The number of pyridine rings is 2. The van der Waals surface area contributed by atoms with Crippen LogP contribution in [0, 0.1) is 13.8 Å². The first-order chi connectivity index (χ1) is 16.7. The monoisotopic (exact) mass is 478 g/mol. The summed E-state index contributed by atoms with van der Waals surface area (Å²) in [5.74, 6) is -0.101. The van der Waals surface area contributed by atoms with Gasteiger partial charge in [0.1, 0.15) is 5.69 Å². The minimum atomic E-state index is -4.63. The van der Waals surface area contributed by atoms with Gasteiger partial charge >= 0.3 is 6.18 Å². The van der Waals surface area contributed by atoms with E-state index in [0.29, 0.717) is 23.3 Å². The summed E-state index contributed by atoms with van der Waals surface area (Å²) >= 11 is 0. The lowest BCUT2D eigenvalue weighted by Gasteiger charge is -2.14. The van der Waals surface area contributed by atoms with Gasteiger partial charge in [0.25, 0.3) is 5.91 Å². The standard InChI is InChI=1S/C25H21F3N6O/c1-13-3-4-18(32-23(35)15-7-8-29-21(10-15)25(26,27)28)11-19(13)20-9-16-12-30-24(33-17-5-6-17)34-22(16)31-14(20)2/h3-4,7-12,17H,5-6H2,1-2H3,(H,32,35)(H,30,31,33,34). The Morgan fingerprint density at radius 1 is 1.00 bits per heavy atom. The van der Waals surface area contributed by atoms with Crippen LogP contribution in [0.15, 0.2) is 48.8 Å². The van der Waals surface area contributed by atoms with Gasteiger partial charge in [-0.1, -0.05) is 6.07 Å². The van der Waals surface area contributed by atoms with Crippen molar-refractivity contribution in [1.82, 2.24) is 19.9 Å². The molecule has 178 valence electrons. The quantitative estimate of drug-likeness (QED) is 0.391. The molecule has 3 heterocycles. The summed E-state index contributed by atoms with van der Waals surface area (Å²) in [6.07, 6.45) is 0.293. The molecule has 1 aromatic carbocycles. The summed E-state index contributed by atoms with van der Waals surface area (Å²) in [6, 6.07) is 9.66. The number of aryl methyl sites for hydroxylation is 2. The van der Waals surface area contributed by atoms with E-state index in [1.165, 1.54) is 6.07 Å². The first kappa shape index (κ1) is 22.7. The van der Waals surface area contributed by atoms with Gasteiger partial charge < -0.3 is 10.6 Å². The van der Waals surface area contributed by atoms with E-state index in [1.54, 1.807) is 18.3 Å². The lowest BCUT2D eigenvalue weighted by molar-refractivity contribution is -0.141. The van der Waals surface area contributed by atoms with E-state index >= 15 is 0 Å². The van der Waals surface area contributed by atoms with Crippen LogP contribution < -0.4 is 10.6 Å². The van der Waals surface area contributed by atoms with Crippen molar-refractivity contribution in [2.45, 2.75) is 38.9 Å². The van der Waals surface area contributed by atoms with Crippen molar-refractivity contribution in [2.75, 3.05) is 10.6 Å². The number of rotatable bonds is 5. The number of alkyl halides is 3. The van der Waals surface area contributed by atoms with Crippen LogP contribution in [-0.2, 0) is 6.18 Å². The zero-order valence-electron chi connectivity index (χ0n) is 18.9. The molecule has 0 bridgehead atoms. The summed E-state index contributed by atoms with van der Waals surface area (Å²) in [5.41, 5.74) is 3.16. The van der Waals surface area contributed by atoms with Crippen molar-refractivity contribution in [3.63, 3.8) is 0 Å². The molecule has 0 radical (unpaired) electrons. The molecule has 35 heavy (non-hydrogen) atoms. The fourth-order valence-corrected chi connectivity index (χ4v) is 3.72. The highest BCUT2D eigenvalue weighted by atomic mass is 19.4. The molecule has 1 aliphatic rings. The van der Waals surface area contributed by atoms with Gasteiger partial charge in [-0.3, -0.25) is 9.78 Å². The number of anilines is 2. The summed E-state index contributed by atoms with van der Waals surface area (Å²) in [4.78, 5) is 29.5. The maximum absolute atomic E-state index is 13.0. The average molecular weight is 478 g/mol. The van der Waals surface area contributed by atoms with Crippen LogP contribution in [0.2, 0.25) is 0 Å². The molecule has 2 N–H and O–H groups in total. The van der Waals surface area contributed by atoms with Gasteiger partial charge in [-0.05, 0) is 68.1 Å². The zero-order chi connectivity index (χ0) is 24.7. The van der Waals surface area contributed by atoms with Crippen LogP contribution in [-0.4, -0.2) is 31.9 Å². The molecule has 0 aliphatic heterocycles. The second kappa shape index (κ2) is 8.61. The molecule has 5 rings (SSSR count). The van der Waals surface area contributed by atoms with Gasteiger partial charge in [-0.25, -0.2) is 9.97 Å². The van der Waals surface area contributed by atoms with Crippen molar-refractivity contribution >= 4 is 28.6 Å². The lowest BCUT2D eigenvalue weighted by Crippen LogP contribution is -2.15. The number of hydrogen-bond acceptors (Lipinski definition) is 6. The van der Waals surface area contributed by atoms with Gasteiger partial charge in [0, 0.05) is 46.3 Å². The molecular formula is C25H21F3N6O. The number of halogens is 3. The van der Waals surface area contributed by atoms with Crippen molar-refractivity contribution in [1.29, 1.82) is 0 Å². The fraction of sp³-hybridized carbons (Fsp3) is 0.240. The number of carbonyl (C=O) groups excluding carboxylic acids is 1. The number of hydrogen-bond donors (Lipinski definition) is 2. The number of nitrogens with zero attached hydrogens (tertiary/aromatic N) is 4. The third-order valence-corrected chi connectivity index (χ3v) is 5.77. The second-order valence-corrected chi connectivity index (χ2v) is 8.56. The highest BCUT2D eigenvalue weighted by Crippen LogP contribution is 2.32. The third kappa shape index (κ3) is 4.91. The third-order valence-electron chi connectivity index (χ3n) is 5.77. The molecule has 4 aromatic rings. The Kier molecular flexibility index (Phi) is 5.58. The zero-order valence-corrected chi connectivity index (χ0v) is 18.9. The Morgan fingerprint density at radius 3 is 2.54 bits per heavy atom. The van der Waals surface area contributed by atoms with Crippen LogP contribution in [0.1, 0.15) is 40.2 Å². The fourth-order valence-electron chi connectivity index (χ4n) is 3.72. The van der Waals surface area contributed by atoms with E-state index < -0.39 is 17.8 Å². The van der Waals surface area contributed by atoms with Crippen LogP contribution in [0.4, 0.5) is 24.8 Å². The first-order valence-electron chi connectivity index (χ1n) is 11.0. The minimum absolute atomic E-state index is 0.134. The number of benzene rings is 1. The molecular weight excluding hydrogens is 457 g/mol. The largest absolute Gasteiger partial charge is 0.433 e. The minimum Gasteiger partial charge on any atom is -0.351 e. The molecule has 7 nitrogen and oxygen atoms in total. The Morgan fingerprint density at radius 2 is 1.80 bits per heavy atom. The molecule has 1 saturated carbocycles. The smallest absolute Gasteiger partial charge is 0.351 e. The summed E-state index contributed by atoms with van der Waals surface area (Å²) < 4.78 is 38.9. The molecule has 0 unspecified atom stereocenters. The maximum Gasteiger partial charge on any atom is 0.433 e. The van der Waals surface area contributed by atoms with Crippen molar-refractivity contribution in [2.24, 2.45) is 0 Å². The normalized spacial score (nSPS) is 13.6. The Balaban J connectivity index is 1.44. The second-order valence-electron chi connectivity index (χ2n) is 8.56. The van der Waals surface area contributed by atoms with Gasteiger partial charge in [0.15, 0.2) is 5.65 Å². The van der Waals surface area contributed by atoms with Crippen LogP contribution in [0.5, 0.6) is 0 Å². The molecule has 0 saturated heterocycles. The van der Waals surface area contributed by atoms with Crippen molar-refractivity contribution < 1.29 is 18.0 Å². The maximum atomic E-state index is 13.0. The van der Waals surface area contributed by atoms with E-state index in [-0.39, 0.29) is 5.56 Å². The molecule has 1 amide bonds. The Hall–Kier alpha value is -4.08. The van der Waals surface area contributed by atoms with E-state index in [1.807, 2.05) is 26.0 Å². The van der Waals surface area contributed by atoms with Gasteiger partial charge in [0.2, 0.25) is 5.95 Å². The lowest BCUT2D eigenvalue weighted by atomic mass is 9.98. The van der Waals surface area contributed by atoms with Crippen molar-refractivity contribution in [3.05, 3.63) is 71.3 Å². The summed E-state index contributed by atoms with van der Waals surface area (Å²) in [7, 11) is 0. The number of fused-ring (bicyclic) bond motifs is 1. The number of aromatic nitrogens is 4. The SMILES string of the molecule is Cc1ccc(NC(=O)c2ccnc(C(F)(F)F)c2)cc1-c1cc2cnc(NC3CC3)nc2nc1C. The Labute approximate surface area is 198 Å². The van der Waals surface area contributed by atoms with Gasteiger partial charge in [0.05, 0.1) is 0 Å². The highest BCUT2D eigenvalue weighted by molar-refractivity contribution is 6.04. The topological polar surface area (TPSA) is 92.7 Å². The van der Waals surface area contributed by atoms with Gasteiger partial charge in [-0.15, -0.1) is 0 Å². The van der Waals surface area contributed by atoms with Crippen LogP contribution >= 0.6 is 0 Å². The van der Waals surface area contributed by atoms with E-state index in [9.17, 15) is 18.0 Å². The predicted octanol–water partition coefficient (Wildman–Crippen LogP) is 5.55. The molecule has 0 spiro atoms. The first-order valence-corrected chi connectivity index (χ1v) is 11.0. The molecule has 3 aromatic heterocycles. The summed E-state index contributed by atoms with van der Waals surface area (Å²) in [5, 5.41) is 6.72. The average Bonchev–Trinajstić information content (AvgIpc) is 3.63. The Bertz CT molecular complexity index is 1450. The molecule has 0 atom stereocenters. The van der Waals surface area contributed by atoms with E-state index in [4.69, 9.17) is 0 Å². The van der Waals surface area contributed by atoms with E-state index in [2.05, 4.69) is 30.6 Å². The molecule has 10 heteroatoms. The van der Waals surface area contributed by atoms with Crippen molar-refractivity contribution in [3.8, 4) is 11.1 Å². The van der Waals surface area contributed by atoms with Crippen LogP contribution in [0.3, 0.4) is 0 Å². The van der Waals surface area contributed by atoms with Crippen LogP contribution in [0.25, 0.3) is 22.2 Å². The number of nitrogens with one attached hydrogen (secondary N) is 2. The molecule has 1 aliphatic carbocycles. The predicted molar refractivity (Wildman–Crippen MR) is 126 cm³/mol. The molecule has 1 fully saturated rings.